The Kier molecular flexibility index (Phi) is 4.07. The van der Waals surface area contributed by atoms with Gasteiger partial charge in [0.2, 0.25) is 0 Å². The van der Waals surface area contributed by atoms with Crippen LogP contribution in [0.15, 0.2) is 17.7 Å². The van der Waals surface area contributed by atoms with E-state index < -0.39 is 0 Å². The summed E-state index contributed by atoms with van der Waals surface area (Å²) in [4.78, 5) is 22.8. The van der Waals surface area contributed by atoms with E-state index in [1.54, 1.807) is 13.8 Å². The van der Waals surface area contributed by atoms with Crippen LogP contribution in [0.5, 0.6) is 0 Å². The average molecular weight is 271 g/mol. The number of Topliss-reactive ketones (excluding diaryl/α,β-unsaturated/α-hetero) is 2. The Morgan fingerprint density at radius 1 is 1.30 bits per heavy atom. The van der Waals surface area contributed by atoms with Crippen LogP contribution in [0.1, 0.15) is 50.6 Å². The molecule has 0 amide bonds. The van der Waals surface area contributed by atoms with Crippen LogP contribution < -0.4 is 0 Å². The van der Waals surface area contributed by atoms with Gasteiger partial charge in [-0.3, -0.25) is 4.79 Å². The number of carbonyl (C=O) groups excluding carboxylic acids is 2. The molecule has 0 aliphatic heterocycles. The molecule has 3 nitrogen and oxygen atoms in total. The highest BCUT2D eigenvalue weighted by Gasteiger charge is 2.17. The summed E-state index contributed by atoms with van der Waals surface area (Å²) in [6.45, 7) is 5.30. The molecule has 0 saturated carbocycles. The minimum atomic E-state index is 0.119. The molecular formula is C17H21NO2. The molecule has 20 heavy (non-hydrogen) atoms. The van der Waals surface area contributed by atoms with Crippen LogP contribution in [0.2, 0.25) is 0 Å². The lowest BCUT2D eigenvalue weighted by molar-refractivity contribution is -0.117. The molecule has 0 radical (unpaired) electrons. The number of fused-ring (bicyclic) bond motifs is 1. The molecule has 1 aromatic rings. The van der Waals surface area contributed by atoms with Crippen LogP contribution in [-0.2, 0) is 23.1 Å². The molecule has 0 bridgehead atoms. The van der Waals surface area contributed by atoms with Crippen molar-refractivity contribution in [3.63, 3.8) is 0 Å². The standard InChI is InChI=1S/C17H21NO2/c1-11-5-7-14(13(3)20)9-17-16(11)10-15(18(17)4)8-6-12(2)19/h5,9-10H,6-8H2,1-4H3. The molecule has 1 aliphatic carbocycles. The first-order valence-corrected chi connectivity index (χ1v) is 6.96. The molecule has 0 N–H and O–H groups in total. The second kappa shape index (κ2) is 5.61. The molecule has 3 heteroatoms. The second-order valence-electron chi connectivity index (χ2n) is 5.51. The third-order valence-corrected chi connectivity index (χ3v) is 3.93. The van der Waals surface area contributed by atoms with Gasteiger partial charge < -0.3 is 9.36 Å². The van der Waals surface area contributed by atoms with Crippen LogP contribution in [0.25, 0.3) is 11.6 Å². The van der Waals surface area contributed by atoms with Crippen molar-refractivity contribution in [3.05, 3.63) is 34.7 Å². The zero-order chi connectivity index (χ0) is 14.9. The van der Waals surface area contributed by atoms with E-state index in [9.17, 15) is 9.59 Å². The van der Waals surface area contributed by atoms with E-state index in [1.807, 2.05) is 13.1 Å². The molecule has 0 aromatic carbocycles. The van der Waals surface area contributed by atoms with E-state index in [0.717, 1.165) is 23.4 Å². The lowest BCUT2D eigenvalue weighted by Crippen LogP contribution is -2.02. The number of carbonyl (C=O) groups is 2. The Hall–Kier alpha value is -1.90. The van der Waals surface area contributed by atoms with Gasteiger partial charge in [0, 0.05) is 36.0 Å². The Morgan fingerprint density at radius 2 is 2.00 bits per heavy atom. The predicted molar refractivity (Wildman–Crippen MR) is 81.3 cm³/mol. The number of aromatic nitrogens is 1. The molecule has 0 fully saturated rings. The van der Waals surface area contributed by atoms with Crippen LogP contribution >= 0.6 is 0 Å². The topological polar surface area (TPSA) is 39.1 Å². The van der Waals surface area contributed by atoms with Crippen LogP contribution in [-0.4, -0.2) is 16.1 Å². The minimum absolute atomic E-state index is 0.119. The van der Waals surface area contributed by atoms with E-state index in [1.165, 1.54) is 11.1 Å². The Morgan fingerprint density at radius 3 is 2.60 bits per heavy atom. The minimum Gasteiger partial charge on any atom is -0.348 e. The highest BCUT2D eigenvalue weighted by molar-refractivity contribution is 5.99. The second-order valence-corrected chi connectivity index (χ2v) is 5.51. The maximum absolute atomic E-state index is 11.6. The summed E-state index contributed by atoms with van der Waals surface area (Å²) in [5, 5.41) is 0. The first kappa shape index (κ1) is 14.5. The largest absolute Gasteiger partial charge is 0.348 e. The molecule has 0 spiro atoms. The Balaban J connectivity index is 2.46. The molecule has 1 aromatic heterocycles. The summed E-state index contributed by atoms with van der Waals surface area (Å²) in [6, 6.07) is 2.14. The highest BCUT2D eigenvalue weighted by Crippen LogP contribution is 2.30. The van der Waals surface area contributed by atoms with Crippen molar-refractivity contribution in [1.82, 2.24) is 4.57 Å². The summed E-state index contributed by atoms with van der Waals surface area (Å²) >= 11 is 0. The predicted octanol–water partition coefficient (Wildman–Crippen LogP) is 3.33. The third kappa shape index (κ3) is 2.82. The Labute approximate surface area is 120 Å². The number of hydrogen-bond acceptors (Lipinski definition) is 2. The van der Waals surface area contributed by atoms with E-state index in [-0.39, 0.29) is 11.6 Å². The van der Waals surface area contributed by atoms with Gasteiger partial charge in [-0.25, -0.2) is 0 Å². The zero-order valence-corrected chi connectivity index (χ0v) is 12.6. The number of nitrogens with zero attached hydrogens (tertiary/aromatic N) is 1. The van der Waals surface area contributed by atoms with Gasteiger partial charge in [0.05, 0.1) is 0 Å². The highest BCUT2D eigenvalue weighted by atomic mass is 16.1. The summed E-state index contributed by atoms with van der Waals surface area (Å²) in [7, 11) is 2.00. The van der Waals surface area contributed by atoms with Crippen molar-refractivity contribution in [1.29, 1.82) is 0 Å². The molecule has 1 aliphatic rings. The summed E-state index contributed by atoms with van der Waals surface area (Å²) in [5.74, 6) is 0.321. The van der Waals surface area contributed by atoms with E-state index in [0.29, 0.717) is 12.8 Å². The smallest absolute Gasteiger partial charge is 0.156 e. The van der Waals surface area contributed by atoms with Crippen molar-refractivity contribution in [2.24, 2.45) is 7.05 Å². The number of hydrogen-bond donors (Lipinski definition) is 0. The van der Waals surface area contributed by atoms with Crippen molar-refractivity contribution >= 4 is 23.2 Å². The monoisotopic (exact) mass is 271 g/mol. The van der Waals surface area contributed by atoms with Gasteiger partial charge >= 0.3 is 0 Å². The van der Waals surface area contributed by atoms with Crippen molar-refractivity contribution < 1.29 is 9.59 Å². The SMILES string of the molecule is CC(=O)CCc1cc2c(n1C)C=C(C(C)=O)CC=C2C. The van der Waals surface area contributed by atoms with Gasteiger partial charge in [0.15, 0.2) is 5.78 Å². The fraction of sp³-hybridized carbons (Fsp3) is 0.412. The van der Waals surface area contributed by atoms with Gasteiger partial charge in [-0.05, 0) is 51.3 Å². The molecule has 0 unspecified atom stereocenters. The number of rotatable bonds is 4. The van der Waals surface area contributed by atoms with Crippen molar-refractivity contribution in [3.8, 4) is 0 Å². The lowest BCUT2D eigenvalue weighted by Gasteiger charge is -2.06. The molecule has 2 rings (SSSR count). The van der Waals surface area contributed by atoms with E-state index >= 15 is 0 Å². The normalized spacial score (nSPS) is 14.2. The Bertz CT molecular complexity index is 630. The molecule has 1 heterocycles. The summed E-state index contributed by atoms with van der Waals surface area (Å²) in [5.41, 5.74) is 5.40. The quantitative estimate of drug-likeness (QED) is 0.842. The average Bonchev–Trinajstić information content (AvgIpc) is 2.57. The van der Waals surface area contributed by atoms with Gasteiger partial charge in [-0.15, -0.1) is 0 Å². The third-order valence-electron chi connectivity index (χ3n) is 3.93. The van der Waals surface area contributed by atoms with Crippen LogP contribution in [0.3, 0.4) is 0 Å². The lowest BCUT2D eigenvalue weighted by atomic mass is 10.1. The first-order valence-electron chi connectivity index (χ1n) is 6.96. The fourth-order valence-corrected chi connectivity index (χ4v) is 2.55. The van der Waals surface area contributed by atoms with Crippen molar-refractivity contribution in [2.45, 2.75) is 40.0 Å². The maximum Gasteiger partial charge on any atom is 0.156 e. The molecule has 106 valence electrons. The zero-order valence-electron chi connectivity index (χ0n) is 12.6. The van der Waals surface area contributed by atoms with Crippen molar-refractivity contribution in [2.75, 3.05) is 0 Å². The number of ketones is 2. The number of aryl methyl sites for hydroxylation is 1. The van der Waals surface area contributed by atoms with E-state index in [2.05, 4.69) is 23.6 Å². The van der Waals surface area contributed by atoms with Gasteiger partial charge in [0.25, 0.3) is 0 Å². The first-order chi connectivity index (χ1) is 9.40. The van der Waals surface area contributed by atoms with Gasteiger partial charge in [0.1, 0.15) is 5.78 Å². The molecule has 0 saturated heterocycles. The molecule has 0 atom stereocenters. The van der Waals surface area contributed by atoms with Gasteiger partial charge in [-0.2, -0.15) is 0 Å². The summed E-state index contributed by atoms with van der Waals surface area (Å²) < 4.78 is 2.10. The van der Waals surface area contributed by atoms with Gasteiger partial charge in [-0.1, -0.05) is 6.08 Å². The molecular weight excluding hydrogens is 250 g/mol. The maximum atomic E-state index is 11.6. The van der Waals surface area contributed by atoms with Crippen LogP contribution in [0, 0.1) is 0 Å². The number of allylic oxidation sites excluding steroid dienone is 3. The fourth-order valence-electron chi connectivity index (χ4n) is 2.55. The van der Waals surface area contributed by atoms with E-state index in [4.69, 9.17) is 0 Å². The van der Waals surface area contributed by atoms with Crippen LogP contribution in [0.4, 0.5) is 0 Å². The summed E-state index contributed by atoms with van der Waals surface area (Å²) in [6.07, 6.45) is 6.09.